The van der Waals surface area contributed by atoms with Gasteiger partial charge in [0.15, 0.2) is 0 Å². The number of carbonyl (C=O) groups excluding carboxylic acids is 3. The van der Waals surface area contributed by atoms with Crippen molar-refractivity contribution in [2.45, 2.75) is 37.6 Å². The molecule has 1 saturated carbocycles. The highest BCUT2D eigenvalue weighted by atomic mass is 16.5. The lowest BCUT2D eigenvalue weighted by atomic mass is 9.98. The zero-order valence-electron chi connectivity index (χ0n) is 19.3. The van der Waals surface area contributed by atoms with Crippen molar-refractivity contribution < 1.29 is 29.0 Å². The molecule has 0 aliphatic heterocycles. The van der Waals surface area contributed by atoms with Crippen LogP contribution in [0.4, 0.5) is 4.79 Å². The lowest BCUT2D eigenvalue weighted by molar-refractivity contribution is -0.137. The Morgan fingerprint density at radius 2 is 1.51 bits per heavy atom. The van der Waals surface area contributed by atoms with Crippen LogP contribution in [0.25, 0.3) is 11.1 Å². The summed E-state index contributed by atoms with van der Waals surface area (Å²) in [5.41, 5.74) is 4.33. The van der Waals surface area contributed by atoms with Crippen LogP contribution in [0.1, 0.15) is 42.7 Å². The van der Waals surface area contributed by atoms with Crippen molar-refractivity contribution in [1.29, 1.82) is 0 Å². The third kappa shape index (κ3) is 6.17. The van der Waals surface area contributed by atoms with Crippen LogP contribution in [0.2, 0.25) is 0 Å². The molecule has 0 spiro atoms. The monoisotopic (exact) mass is 479 g/mol. The van der Waals surface area contributed by atoms with Crippen LogP contribution in [0.3, 0.4) is 0 Å². The molecular formula is C26H29N3O6. The second kappa shape index (κ2) is 11.0. The molecule has 2 aromatic carbocycles. The summed E-state index contributed by atoms with van der Waals surface area (Å²) in [5, 5.41) is 16.9. The van der Waals surface area contributed by atoms with Gasteiger partial charge in [-0.15, -0.1) is 0 Å². The van der Waals surface area contributed by atoms with Gasteiger partial charge in [-0.1, -0.05) is 48.5 Å². The van der Waals surface area contributed by atoms with Gasteiger partial charge in [-0.05, 0) is 41.5 Å². The van der Waals surface area contributed by atoms with Crippen molar-refractivity contribution in [3.63, 3.8) is 0 Å². The van der Waals surface area contributed by atoms with Crippen LogP contribution in [0, 0.1) is 5.92 Å². The fourth-order valence-corrected chi connectivity index (χ4v) is 4.30. The van der Waals surface area contributed by atoms with Gasteiger partial charge < -0.3 is 25.8 Å². The van der Waals surface area contributed by atoms with Crippen molar-refractivity contribution in [3.8, 4) is 11.1 Å². The number of ether oxygens (including phenoxy) is 1. The van der Waals surface area contributed by atoms with Crippen LogP contribution < -0.4 is 16.0 Å². The summed E-state index contributed by atoms with van der Waals surface area (Å²) in [6, 6.07) is 14.8. The van der Waals surface area contributed by atoms with Crippen molar-refractivity contribution in [3.05, 3.63) is 59.7 Å². The van der Waals surface area contributed by atoms with E-state index in [2.05, 4.69) is 16.0 Å². The summed E-state index contributed by atoms with van der Waals surface area (Å²) < 4.78 is 5.48. The molecule has 2 aromatic rings. The van der Waals surface area contributed by atoms with Crippen molar-refractivity contribution in [1.82, 2.24) is 16.0 Å². The van der Waals surface area contributed by atoms with Gasteiger partial charge >= 0.3 is 12.1 Å². The maximum absolute atomic E-state index is 12.6. The Balaban J connectivity index is 1.31. The second-order valence-electron chi connectivity index (χ2n) is 8.81. The number of hydrogen-bond acceptors (Lipinski definition) is 5. The fourth-order valence-electron chi connectivity index (χ4n) is 4.30. The highest BCUT2D eigenvalue weighted by Gasteiger charge is 2.30. The lowest BCUT2D eigenvalue weighted by Crippen LogP contribution is -2.48. The van der Waals surface area contributed by atoms with E-state index in [1.807, 2.05) is 48.5 Å². The molecule has 0 aromatic heterocycles. The van der Waals surface area contributed by atoms with Gasteiger partial charge in [-0.3, -0.25) is 14.4 Å². The first-order valence-electron chi connectivity index (χ1n) is 11.8. The molecule has 4 rings (SSSR count). The number of nitrogens with one attached hydrogen (secondary N) is 3. The van der Waals surface area contributed by atoms with Gasteiger partial charge in [-0.25, -0.2) is 4.79 Å². The minimum absolute atomic E-state index is 0.0292. The molecule has 0 bridgehead atoms. The van der Waals surface area contributed by atoms with E-state index in [0.717, 1.165) is 35.1 Å². The molecule has 184 valence electrons. The molecule has 1 unspecified atom stereocenters. The summed E-state index contributed by atoms with van der Waals surface area (Å²) >= 11 is 0. The Hall–Kier alpha value is -3.88. The third-order valence-corrected chi connectivity index (χ3v) is 6.27. The molecule has 4 N–H and O–H groups in total. The van der Waals surface area contributed by atoms with Crippen LogP contribution >= 0.6 is 0 Å². The maximum atomic E-state index is 12.6. The number of alkyl carbamates (subject to hydrolysis) is 1. The standard InChI is InChI=1S/C26H29N3O6/c30-23(31)12-11-22(25(33)28-14-13-27-24(32)16-9-10-16)29-26(34)35-15-21-19-7-3-1-5-17(19)18-6-2-4-8-20(18)21/h1-8,16,21-22H,9-15H2,(H,27,32)(H,28,33)(H,29,34)(H,30,31). The first-order chi connectivity index (χ1) is 16.9. The number of carbonyl (C=O) groups is 4. The Bertz CT molecular complexity index is 1070. The highest BCUT2D eigenvalue weighted by Crippen LogP contribution is 2.44. The molecule has 2 aliphatic carbocycles. The lowest BCUT2D eigenvalue weighted by Gasteiger charge is -2.19. The molecule has 9 nitrogen and oxygen atoms in total. The number of amides is 3. The zero-order chi connectivity index (χ0) is 24.8. The van der Waals surface area contributed by atoms with E-state index in [4.69, 9.17) is 9.84 Å². The Morgan fingerprint density at radius 3 is 2.11 bits per heavy atom. The van der Waals surface area contributed by atoms with Crippen LogP contribution in [-0.4, -0.2) is 54.7 Å². The summed E-state index contributed by atoms with van der Waals surface area (Å²) in [7, 11) is 0. The van der Waals surface area contributed by atoms with Crippen molar-refractivity contribution in [2.24, 2.45) is 5.92 Å². The van der Waals surface area contributed by atoms with E-state index in [1.165, 1.54) is 0 Å². The zero-order valence-corrected chi connectivity index (χ0v) is 19.3. The van der Waals surface area contributed by atoms with Gasteiger partial charge in [0.05, 0.1) is 0 Å². The number of carboxylic acids is 1. The predicted octanol–water partition coefficient (Wildman–Crippen LogP) is 2.40. The minimum atomic E-state index is -1.08. The summed E-state index contributed by atoms with van der Waals surface area (Å²) in [6.45, 7) is 0.519. The summed E-state index contributed by atoms with van der Waals surface area (Å²) in [4.78, 5) is 47.9. The van der Waals surface area contributed by atoms with E-state index >= 15 is 0 Å². The highest BCUT2D eigenvalue weighted by molar-refractivity contribution is 5.86. The number of hydrogen-bond donors (Lipinski definition) is 4. The number of benzene rings is 2. The number of rotatable bonds is 11. The van der Waals surface area contributed by atoms with Crippen LogP contribution in [0.15, 0.2) is 48.5 Å². The van der Waals surface area contributed by atoms with Gasteiger partial charge in [0, 0.05) is 31.3 Å². The van der Waals surface area contributed by atoms with E-state index in [-0.39, 0.29) is 50.3 Å². The van der Waals surface area contributed by atoms with E-state index in [0.29, 0.717) is 0 Å². The molecule has 3 amide bonds. The SMILES string of the molecule is O=C(O)CCC(NC(=O)OCC1c2ccccc2-c2ccccc21)C(=O)NCCNC(=O)C1CC1. The number of fused-ring (bicyclic) bond motifs is 3. The van der Waals surface area contributed by atoms with E-state index in [1.54, 1.807) is 0 Å². The number of carboxylic acid groups (broad SMARTS) is 1. The van der Waals surface area contributed by atoms with Crippen molar-refractivity contribution >= 4 is 23.9 Å². The quantitative estimate of drug-likeness (QED) is 0.366. The molecule has 1 atom stereocenters. The molecular weight excluding hydrogens is 450 g/mol. The van der Waals surface area contributed by atoms with Gasteiger partial charge in [-0.2, -0.15) is 0 Å². The first-order valence-corrected chi connectivity index (χ1v) is 11.8. The van der Waals surface area contributed by atoms with Crippen LogP contribution in [0.5, 0.6) is 0 Å². The first kappa shape index (κ1) is 24.3. The normalized spacial score (nSPS) is 14.9. The van der Waals surface area contributed by atoms with Gasteiger partial charge in [0.2, 0.25) is 11.8 Å². The van der Waals surface area contributed by atoms with Crippen molar-refractivity contribution in [2.75, 3.05) is 19.7 Å². The van der Waals surface area contributed by atoms with E-state index < -0.39 is 24.0 Å². The molecule has 1 fully saturated rings. The average Bonchev–Trinajstić information content (AvgIpc) is 3.66. The second-order valence-corrected chi connectivity index (χ2v) is 8.81. The molecule has 35 heavy (non-hydrogen) atoms. The van der Waals surface area contributed by atoms with Crippen LogP contribution in [-0.2, 0) is 19.1 Å². The average molecular weight is 480 g/mol. The van der Waals surface area contributed by atoms with Gasteiger partial charge in [0.25, 0.3) is 0 Å². The Morgan fingerprint density at radius 1 is 0.914 bits per heavy atom. The molecule has 0 radical (unpaired) electrons. The van der Waals surface area contributed by atoms with Gasteiger partial charge in [0.1, 0.15) is 12.6 Å². The third-order valence-electron chi connectivity index (χ3n) is 6.27. The largest absolute Gasteiger partial charge is 0.481 e. The fraction of sp³-hybridized carbons (Fsp3) is 0.385. The Kier molecular flexibility index (Phi) is 7.64. The van der Waals surface area contributed by atoms with E-state index in [9.17, 15) is 19.2 Å². The minimum Gasteiger partial charge on any atom is -0.481 e. The topological polar surface area (TPSA) is 134 Å². The molecule has 2 aliphatic rings. The smallest absolute Gasteiger partial charge is 0.407 e. The summed E-state index contributed by atoms with van der Waals surface area (Å²) in [5.74, 6) is -1.69. The number of aliphatic carboxylic acids is 1. The molecule has 0 heterocycles. The summed E-state index contributed by atoms with van der Waals surface area (Å²) in [6.07, 6.45) is 0.610. The predicted molar refractivity (Wildman–Crippen MR) is 128 cm³/mol. The molecule has 0 saturated heterocycles. The Labute approximate surface area is 203 Å². The molecule has 9 heteroatoms. The maximum Gasteiger partial charge on any atom is 0.407 e.